The zero-order valence-corrected chi connectivity index (χ0v) is 13.5. The molecule has 0 saturated carbocycles. The van der Waals surface area contributed by atoms with E-state index in [4.69, 9.17) is 0 Å². The second kappa shape index (κ2) is 6.77. The van der Waals surface area contributed by atoms with E-state index in [1.807, 2.05) is 42.5 Å². The summed E-state index contributed by atoms with van der Waals surface area (Å²) in [7, 11) is -3.27. The Kier molecular flexibility index (Phi) is 4.76. The molecule has 1 N–H and O–H groups in total. The van der Waals surface area contributed by atoms with E-state index in [0.717, 1.165) is 36.0 Å². The summed E-state index contributed by atoms with van der Waals surface area (Å²) in [5.41, 5.74) is 0.826. The molecule has 1 saturated heterocycles. The topological polar surface area (TPSA) is 49.4 Å². The second-order valence-electron chi connectivity index (χ2n) is 5.88. The molecule has 3 rings (SSSR count). The Bertz CT molecular complexity index is 737. The molecule has 5 heteroatoms. The van der Waals surface area contributed by atoms with Crippen LogP contribution in [0, 0.1) is 0 Å². The molecule has 1 fully saturated rings. The van der Waals surface area contributed by atoms with E-state index in [-0.39, 0.29) is 5.75 Å². The first kappa shape index (κ1) is 15.5. The van der Waals surface area contributed by atoms with E-state index < -0.39 is 10.0 Å². The van der Waals surface area contributed by atoms with Crippen LogP contribution >= 0.6 is 0 Å². The van der Waals surface area contributed by atoms with E-state index in [1.54, 1.807) is 0 Å². The van der Waals surface area contributed by atoms with Crippen molar-refractivity contribution in [1.29, 1.82) is 0 Å². The maximum Gasteiger partial charge on any atom is 0.215 e. The molecule has 0 radical (unpaired) electrons. The van der Waals surface area contributed by atoms with Crippen molar-refractivity contribution in [2.24, 2.45) is 0 Å². The van der Waals surface area contributed by atoms with Gasteiger partial charge in [-0.05, 0) is 42.3 Å². The quantitative estimate of drug-likeness (QED) is 0.889. The lowest BCUT2D eigenvalue weighted by atomic mass is 10.1. The minimum atomic E-state index is -3.27. The molecule has 0 aliphatic carbocycles. The minimum Gasteiger partial charge on any atom is -0.302 e. The number of hydrogen-bond donors (Lipinski definition) is 1. The highest BCUT2D eigenvalue weighted by atomic mass is 32.2. The minimum absolute atomic E-state index is 0.0395. The van der Waals surface area contributed by atoms with E-state index >= 15 is 0 Å². The molecule has 1 aliphatic rings. The van der Waals surface area contributed by atoms with Crippen LogP contribution in [0.5, 0.6) is 0 Å². The number of sulfonamides is 1. The summed E-state index contributed by atoms with van der Waals surface area (Å²) in [6, 6.07) is 13.8. The molecular formula is C17H22N2O2S. The lowest BCUT2D eigenvalue weighted by Gasteiger charge is -2.15. The van der Waals surface area contributed by atoms with Gasteiger partial charge < -0.3 is 4.90 Å². The Morgan fingerprint density at radius 2 is 1.73 bits per heavy atom. The summed E-state index contributed by atoms with van der Waals surface area (Å²) in [6.45, 7) is 3.48. The fraction of sp³-hybridized carbons (Fsp3) is 0.412. The molecule has 2 aromatic rings. The van der Waals surface area contributed by atoms with Crippen molar-refractivity contribution in [3.8, 4) is 0 Å². The van der Waals surface area contributed by atoms with Crippen molar-refractivity contribution in [2.45, 2.75) is 18.6 Å². The molecular weight excluding hydrogens is 296 g/mol. The summed E-state index contributed by atoms with van der Waals surface area (Å²) in [5.74, 6) is 0.0395. The van der Waals surface area contributed by atoms with Crippen LogP contribution in [-0.4, -0.2) is 39.5 Å². The fourth-order valence-corrected chi connectivity index (χ4v) is 4.09. The summed E-state index contributed by atoms with van der Waals surface area (Å²) < 4.78 is 27.1. The number of nitrogens with zero attached hydrogens (tertiary/aromatic N) is 1. The summed E-state index contributed by atoms with van der Waals surface area (Å²) in [6.07, 6.45) is 2.45. The summed E-state index contributed by atoms with van der Waals surface area (Å²) in [4.78, 5) is 2.30. The van der Waals surface area contributed by atoms with Crippen LogP contribution in [0.4, 0.5) is 0 Å². The summed E-state index contributed by atoms with van der Waals surface area (Å²) in [5, 5.41) is 2.21. The average Bonchev–Trinajstić information content (AvgIpc) is 3.00. The van der Waals surface area contributed by atoms with Crippen molar-refractivity contribution in [1.82, 2.24) is 9.62 Å². The van der Waals surface area contributed by atoms with Crippen LogP contribution in [0.3, 0.4) is 0 Å². The van der Waals surface area contributed by atoms with Gasteiger partial charge in [-0.1, -0.05) is 42.5 Å². The molecule has 118 valence electrons. The van der Waals surface area contributed by atoms with E-state index in [0.29, 0.717) is 6.54 Å². The number of benzene rings is 2. The smallest absolute Gasteiger partial charge is 0.215 e. The number of hydrogen-bond acceptors (Lipinski definition) is 3. The Hall–Kier alpha value is -1.43. The second-order valence-corrected chi connectivity index (χ2v) is 7.69. The first-order valence-electron chi connectivity index (χ1n) is 7.80. The third-order valence-corrected chi connectivity index (χ3v) is 5.48. The third kappa shape index (κ3) is 4.06. The van der Waals surface area contributed by atoms with Gasteiger partial charge >= 0.3 is 0 Å². The number of rotatable bonds is 6. The SMILES string of the molecule is O=S(=O)(Cc1ccc2ccccc2c1)NCCN1CCCC1. The van der Waals surface area contributed by atoms with Gasteiger partial charge in [0.05, 0.1) is 5.75 Å². The molecule has 22 heavy (non-hydrogen) atoms. The predicted molar refractivity (Wildman–Crippen MR) is 90.2 cm³/mol. The molecule has 0 atom stereocenters. The zero-order chi connectivity index (χ0) is 15.4. The molecule has 0 amide bonds. The van der Waals surface area contributed by atoms with Gasteiger partial charge in [-0.25, -0.2) is 13.1 Å². The first-order valence-corrected chi connectivity index (χ1v) is 9.45. The maximum atomic E-state index is 12.2. The van der Waals surface area contributed by atoms with Crippen molar-refractivity contribution in [3.63, 3.8) is 0 Å². The molecule has 0 spiro atoms. The molecule has 0 aromatic heterocycles. The molecule has 1 heterocycles. The van der Waals surface area contributed by atoms with Crippen LogP contribution in [0.25, 0.3) is 10.8 Å². The van der Waals surface area contributed by atoms with Gasteiger partial charge in [0.15, 0.2) is 0 Å². The monoisotopic (exact) mass is 318 g/mol. The van der Waals surface area contributed by atoms with Crippen molar-refractivity contribution in [2.75, 3.05) is 26.2 Å². The highest BCUT2D eigenvalue weighted by molar-refractivity contribution is 7.88. The Balaban J connectivity index is 1.59. The van der Waals surface area contributed by atoms with Gasteiger partial charge in [0, 0.05) is 13.1 Å². The number of fused-ring (bicyclic) bond motifs is 1. The van der Waals surface area contributed by atoms with Crippen LogP contribution in [-0.2, 0) is 15.8 Å². The van der Waals surface area contributed by atoms with Gasteiger partial charge in [0.1, 0.15) is 0 Å². The van der Waals surface area contributed by atoms with Crippen molar-refractivity contribution in [3.05, 3.63) is 48.0 Å². The van der Waals surface area contributed by atoms with Gasteiger partial charge in [-0.15, -0.1) is 0 Å². The fourth-order valence-electron chi connectivity index (χ4n) is 2.96. The Morgan fingerprint density at radius 3 is 2.50 bits per heavy atom. The highest BCUT2D eigenvalue weighted by Gasteiger charge is 2.14. The van der Waals surface area contributed by atoms with Crippen LogP contribution in [0.2, 0.25) is 0 Å². The Labute approximate surface area is 132 Å². The standard InChI is InChI=1S/C17H22N2O2S/c20-22(21,18-9-12-19-10-3-4-11-19)14-15-7-8-16-5-1-2-6-17(16)13-15/h1-2,5-8,13,18H,3-4,9-12,14H2. The number of likely N-dealkylation sites (tertiary alicyclic amines) is 1. The molecule has 0 bridgehead atoms. The predicted octanol–water partition coefficient (Wildman–Crippen LogP) is 2.36. The van der Waals surface area contributed by atoms with Crippen molar-refractivity contribution < 1.29 is 8.42 Å². The van der Waals surface area contributed by atoms with E-state index in [1.165, 1.54) is 12.8 Å². The highest BCUT2D eigenvalue weighted by Crippen LogP contribution is 2.17. The number of nitrogens with one attached hydrogen (secondary N) is 1. The van der Waals surface area contributed by atoms with Crippen molar-refractivity contribution >= 4 is 20.8 Å². The normalized spacial score (nSPS) is 16.4. The van der Waals surface area contributed by atoms with E-state index in [9.17, 15) is 8.42 Å². The zero-order valence-electron chi connectivity index (χ0n) is 12.7. The molecule has 4 nitrogen and oxygen atoms in total. The summed E-state index contributed by atoms with van der Waals surface area (Å²) >= 11 is 0. The Morgan fingerprint density at radius 1 is 1.00 bits per heavy atom. The maximum absolute atomic E-state index is 12.2. The molecule has 0 unspecified atom stereocenters. The lowest BCUT2D eigenvalue weighted by molar-refractivity contribution is 0.344. The molecule has 2 aromatic carbocycles. The largest absolute Gasteiger partial charge is 0.302 e. The van der Waals surface area contributed by atoms with Crippen LogP contribution in [0.1, 0.15) is 18.4 Å². The van der Waals surface area contributed by atoms with Gasteiger partial charge in [-0.2, -0.15) is 0 Å². The average molecular weight is 318 g/mol. The van der Waals surface area contributed by atoms with Crippen LogP contribution in [0.15, 0.2) is 42.5 Å². The lowest BCUT2D eigenvalue weighted by Crippen LogP contribution is -2.34. The van der Waals surface area contributed by atoms with Gasteiger partial charge in [-0.3, -0.25) is 0 Å². The van der Waals surface area contributed by atoms with Gasteiger partial charge in [0.2, 0.25) is 10.0 Å². The molecule has 1 aliphatic heterocycles. The van der Waals surface area contributed by atoms with Gasteiger partial charge in [0.25, 0.3) is 0 Å². The van der Waals surface area contributed by atoms with Crippen LogP contribution < -0.4 is 4.72 Å². The first-order chi connectivity index (χ1) is 10.6. The van der Waals surface area contributed by atoms with E-state index in [2.05, 4.69) is 9.62 Å². The third-order valence-electron chi connectivity index (χ3n) is 4.12.